The number of hydrogen-bond donors (Lipinski definition) is 1. The number of nitrogens with zero attached hydrogens (tertiary/aromatic N) is 1. The van der Waals surface area contributed by atoms with E-state index >= 15 is 0 Å². The van der Waals surface area contributed by atoms with Gasteiger partial charge in [0.05, 0.1) is 11.9 Å². The van der Waals surface area contributed by atoms with Crippen LogP contribution in [0.15, 0.2) is 18.2 Å². The average molecular weight is 326 g/mol. The fraction of sp³-hybridized carbons (Fsp3) is 0.562. The summed E-state index contributed by atoms with van der Waals surface area (Å²) in [5, 5.41) is 2.87. The van der Waals surface area contributed by atoms with E-state index in [9.17, 15) is 13.2 Å². The number of aryl methyl sites for hydroxylation is 1. The van der Waals surface area contributed by atoms with Gasteiger partial charge in [-0.3, -0.25) is 9.10 Å². The second-order valence-electron chi connectivity index (χ2n) is 6.27. The van der Waals surface area contributed by atoms with Gasteiger partial charge in [0.2, 0.25) is 15.9 Å². The van der Waals surface area contributed by atoms with E-state index in [0.717, 1.165) is 28.1 Å². The van der Waals surface area contributed by atoms with Gasteiger partial charge in [-0.2, -0.15) is 0 Å². The molecule has 0 atom stereocenters. The Kier molecular flexibility index (Phi) is 5.62. The van der Waals surface area contributed by atoms with Gasteiger partial charge in [-0.05, 0) is 51.3 Å². The minimum atomic E-state index is -3.54. The molecule has 5 nitrogen and oxygen atoms in total. The standard InChI is InChI=1S/C16H26N2O3S/c1-7-16(4,5)17-15(19)11-18(22(6,20)21)14-10-8-9-12(2)13(14)3/h8-10H,7,11H2,1-6H3,(H,17,19). The normalized spacial score (nSPS) is 12.1. The van der Waals surface area contributed by atoms with Crippen LogP contribution in [-0.4, -0.2) is 32.7 Å². The Labute approximate surface area is 133 Å². The van der Waals surface area contributed by atoms with Crippen LogP contribution in [-0.2, 0) is 14.8 Å². The smallest absolute Gasteiger partial charge is 0.241 e. The molecule has 124 valence electrons. The first-order valence-electron chi connectivity index (χ1n) is 7.33. The fourth-order valence-corrected chi connectivity index (χ4v) is 2.93. The lowest BCUT2D eigenvalue weighted by molar-refractivity contribution is -0.121. The highest BCUT2D eigenvalue weighted by atomic mass is 32.2. The van der Waals surface area contributed by atoms with Gasteiger partial charge in [0.15, 0.2) is 0 Å². The summed E-state index contributed by atoms with van der Waals surface area (Å²) in [6.07, 6.45) is 1.88. The lowest BCUT2D eigenvalue weighted by atomic mass is 10.0. The molecule has 1 aromatic rings. The summed E-state index contributed by atoms with van der Waals surface area (Å²) in [5.41, 5.74) is 2.03. The summed E-state index contributed by atoms with van der Waals surface area (Å²) in [6, 6.07) is 5.44. The Balaban J connectivity index is 3.12. The van der Waals surface area contributed by atoms with Gasteiger partial charge in [0.25, 0.3) is 0 Å². The number of nitrogens with one attached hydrogen (secondary N) is 1. The zero-order chi connectivity index (χ0) is 17.1. The summed E-state index contributed by atoms with van der Waals surface area (Å²) >= 11 is 0. The first kappa shape index (κ1) is 18.5. The van der Waals surface area contributed by atoms with E-state index < -0.39 is 10.0 Å². The van der Waals surface area contributed by atoms with Crippen molar-refractivity contribution in [3.8, 4) is 0 Å². The minimum absolute atomic E-state index is 0.216. The number of carbonyl (C=O) groups is 1. The lowest BCUT2D eigenvalue weighted by Crippen LogP contribution is -2.48. The molecular formula is C16H26N2O3S. The summed E-state index contributed by atoms with van der Waals surface area (Å²) in [4.78, 5) is 12.2. The van der Waals surface area contributed by atoms with Crippen LogP contribution in [0.25, 0.3) is 0 Å². The van der Waals surface area contributed by atoms with Crippen molar-refractivity contribution in [2.75, 3.05) is 17.1 Å². The Morgan fingerprint density at radius 1 is 1.27 bits per heavy atom. The zero-order valence-corrected chi connectivity index (χ0v) is 15.0. The predicted molar refractivity (Wildman–Crippen MR) is 90.6 cm³/mol. The molecule has 0 radical (unpaired) electrons. The van der Waals surface area contributed by atoms with Gasteiger partial charge in [0.1, 0.15) is 6.54 Å². The van der Waals surface area contributed by atoms with Crippen molar-refractivity contribution in [2.45, 2.75) is 46.6 Å². The third-order valence-corrected chi connectivity index (χ3v) is 5.02. The van der Waals surface area contributed by atoms with Crippen molar-refractivity contribution in [3.05, 3.63) is 29.3 Å². The molecule has 1 amide bonds. The number of carbonyl (C=O) groups excluding carboxylic acids is 1. The molecule has 1 aromatic carbocycles. The van der Waals surface area contributed by atoms with Gasteiger partial charge in [0, 0.05) is 5.54 Å². The van der Waals surface area contributed by atoms with Crippen molar-refractivity contribution in [1.82, 2.24) is 5.32 Å². The van der Waals surface area contributed by atoms with E-state index in [0.29, 0.717) is 5.69 Å². The topological polar surface area (TPSA) is 66.5 Å². The Bertz CT molecular complexity index is 651. The molecule has 0 saturated heterocycles. The largest absolute Gasteiger partial charge is 0.350 e. The van der Waals surface area contributed by atoms with Crippen molar-refractivity contribution in [1.29, 1.82) is 0 Å². The number of sulfonamides is 1. The molecule has 0 saturated carbocycles. The summed E-state index contributed by atoms with van der Waals surface area (Å²) < 4.78 is 25.4. The molecule has 0 unspecified atom stereocenters. The minimum Gasteiger partial charge on any atom is -0.350 e. The molecule has 22 heavy (non-hydrogen) atoms. The van der Waals surface area contributed by atoms with E-state index in [2.05, 4.69) is 5.32 Å². The van der Waals surface area contributed by atoms with E-state index in [4.69, 9.17) is 0 Å². The van der Waals surface area contributed by atoms with Gasteiger partial charge in [-0.1, -0.05) is 19.1 Å². The highest BCUT2D eigenvalue weighted by molar-refractivity contribution is 7.92. The van der Waals surface area contributed by atoms with E-state index in [1.165, 1.54) is 0 Å². The maximum absolute atomic E-state index is 12.2. The summed E-state index contributed by atoms with van der Waals surface area (Å²) in [7, 11) is -3.54. The lowest BCUT2D eigenvalue weighted by Gasteiger charge is -2.28. The van der Waals surface area contributed by atoms with E-state index in [1.807, 2.05) is 40.7 Å². The first-order chi connectivity index (χ1) is 9.98. The Morgan fingerprint density at radius 2 is 1.86 bits per heavy atom. The van der Waals surface area contributed by atoms with Crippen LogP contribution >= 0.6 is 0 Å². The van der Waals surface area contributed by atoms with Crippen LogP contribution in [0.2, 0.25) is 0 Å². The van der Waals surface area contributed by atoms with Crippen LogP contribution in [0.5, 0.6) is 0 Å². The molecule has 0 aliphatic carbocycles. The number of benzene rings is 1. The van der Waals surface area contributed by atoms with Crippen LogP contribution in [0.1, 0.15) is 38.3 Å². The molecule has 1 N–H and O–H groups in total. The molecule has 6 heteroatoms. The molecule has 0 bridgehead atoms. The van der Waals surface area contributed by atoms with Gasteiger partial charge in [-0.25, -0.2) is 8.42 Å². The monoisotopic (exact) mass is 326 g/mol. The molecular weight excluding hydrogens is 300 g/mol. The van der Waals surface area contributed by atoms with Crippen molar-refractivity contribution < 1.29 is 13.2 Å². The predicted octanol–water partition coefficient (Wildman–Crippen LogP) is 2.37. The number of rotatable bonds is 6. The maximum Gasteiger partial charge on any atom is 0.241 e. The molecule has 0 heterocycles. The molecule has 0 fully saturated rings. The first-order valence-corrected chi connectivity index (χ1v) is 9.17. The summed E-state index contributed by atoms with van der Waals surface area (Å²) in [6.45, 7) is 9.35. The van der Waals surface area contributed by atoms with Crippen molar-refractivity contribution in [3.63, 3.8) is 0 Å². The Morgan fingerprint density at radius 3 is 2.36 bits per heavy atom. The van der Waals surface area contributed by atoms with Crippen molar-refractivity contribution in [2.24, 2.45) is 0 Å². The highest BCUT2D eigenvalue weighted by Crippen LogP contribution is 2.24. The fourth-order valence-electron chi connectivity index (χ4n) is 2.02. The molecule has 1 rings (SSSR count). The zero-order valence-electron chi connectivity index (χ0n) is 14.2. The maximum atomic E-state index is 12.2. The molecule has 0 aromatic heterocycles. The number of anilines is 1. The second-order valence-corrected chi connectivity index (χ2v) is 8.18. The van der Waals surface area contributed by atoms with Crippen LogP contribution < -0.4 is 9.62 Å². The third kappa shape index (κ3) is 4.73. The van der Waals surface area contributed by atoms with Crippen LogP contribution in [0, 0.1) is 13.8 Å². The molecule has 0 spiro atoms. The number of hydrogen-bond acceptors (Lipinski definition) is 3. The van der Waals surface area contributed by atoms with E-state index in [1.54, 1.807) is 12.1 Å². The number of amides is 1. The second kappa shape index (κ2) is 6.69. The van der Waals surface area contributed by atoms with Gasteiger partial charge < -0.3 is 5.32 Å². The average Bonchev–Trinajstić information content (AvgIpc) is 2.38. The SMILES string of the molecule is CCC(C)(C)NC(=O)CN(c1cccc(C)c1C)S(C)(=O)=O. The van der Waals surface area contributed by atoms with Gasteiger partial charge >= 0.3 is 0 Å². The van der Waals surface area contributed by atoms with Crippen molar-refractivity contribution >= 4 is 21.6 Å². The van der Waals surface area contributed by atoms with E-state index in [-0.39, 0.29) is 18.0 Å². The van der Waals surface area contributed by atoms with Crippen LogP contribution in [0.4, 0.5) is 5.69 Å². The molecule has 0 aliphatic heterocycles. The third-order valence-electron chi connectivity index (χ3n) is 3.89. The highest BCUT2D eigenvalue weighted by Gasteiger charge is 2.25. The Hall–Kier alpha value is -1.56. The molecule has 0 aliphatic rings. The van der Waals surface area contributed by atoms with Crippen LogP contribution in [0.3, 0.4) is 0 Å². The summed E-state index contributed by atoms with van der Waals surface area (Å²) in [5.74, 6) is -0.307. The van der Waals surface area contributed by atoms with Gasteiger partial charge in [-0.15, -0.1) is 0 Å². The quantitative estimate of drug-likeness (QED) is 0.873.